The monoisotopic (exact) mass is 287 g/mol. The zero-order valence-corrected chi connectivity index (χ0v) is 13.2. The second kappa shape index (κ2) is 6.07. The molecule has 0 unspecified atom stereocenters. The van der Waals surface area contributed by atoms with Crippen molar-refractivity contribution in [3.8, 4) is 0 Å². The van der Waals surface area contributed by atoms with Gasteiger partial charge in [-0.3, -0.25) is 0 Å². The molecule has 1 heteroatoms. The Balaban J connectivity index is 2.25. The minimum Gasteiger partial charge on any atom is -0.310 e. The van der Waals surface area contributed by atoms with Crippen molar-refractivity contribution >= 4 is 11.4 Å². The van der Waals surface area contributed by atoms with Gasteiger partial charge < -0.3 is 4.90 Å². The molecular weight excluding hydrogens is 266 g/mol. The molecule has 0 radical (unpaired) electrons. The van der Waals surface area contributed by atoms with Gasteiger partial charge in [0.25, 0.3) is 0 Å². The molecule has 1 aliphatic rings. The van der Waals surface area contributed by atoms with Crippen LogP contribution < -0.4 is 4.90 Å². The zero-order chi connectivity index (χ0) is 15.5. The Morgan fingerprint density at radius 2 is 1.86 bits per heavy atom. The van der Waals surface area contributed by atoms with E-state index in [0.717, 1.165) is 6.42 Å². The highest BCUT2D eigenvalue weighted by Crippen LogP contribution is 2.40. The molecule has 0 N–H and O–H groups in total. The van der Waals surface area contributed by atoms with Crippen LogP contribution in [-0.2, 0) is 6.42 Å². The summed E-state index contributed by atoms with van der Waals surface area (Å²) in [4.78, 5) is 2.33. The Kier molecular flexibility index (Phi) is 3.97. The third-order valence-electron chi connectivity index (χ3n) is 4.01. The van der Waals surface area contributed by atoms with Gasteiger partial charge in [0.05, 0.1) is 0 Å². The van der Waals surface area contributed by atoms with Crippen molar-refractivity contribution in [3.05, 3.63) is 95.7 Å². The van der Waals surface area contributed by atoms with Crippen molar-refractivity contribution in [2.45, 2.75) is 20.3 Å². The van der Waals surface area contributed by atoms with Crippen LogP contribution in [-0.4, -0.2) is 0 Å². The molecule has 2 aromatic carbocycles. The summed E-state index contributed by atoms with van der Waals surface area (Å²) in [6, 6.07) is 17.2. The number of hydrogen-bond donors (Lipinski definition) is 0. The molecule has 0 aliphatic carbocycles. The number of hydrogen-bond acceptors (Lipinski definition) is 1. The van der Waals surface area contributed by atoms with E-state index in [9.17, 15) is 0 Å². The van der Waals surface area contributed by atoms with Gasteiger partial charge in [-0.1, -0.05) is 54.6 Å². The first-order chi connectivity index (χ1) is 10.7. The number of fused-ring (bicyclic) bond motifs is 1. The Hall–Kier alpha value is -2.54. The van der Waals surface area contributed by atoms with Gasteiger partial charge in [-0.2, -0.15) is 0 Å². The summed E-state index contributed by atoms with van der Waals surface area (Å²) in [5, 5.41) is 0. The molecule has 0 saturated heterocycles. The van der Waals surface area contributed by atoms with Gasteiger partial charge in [0.15, 0.2) is 0 Å². The number of nitrogens with zero attached hydrogens (tertiary/aromatic N) is 1. The third kappa shape index (κ3) is 2.50. The topological polar surface area (TPSA) is 3.24 Å². The van der Waals surface area contributed by atoms with E-state index < -0.39 is 0 Å². The quantitative estimate of drug-likeness (QED) is 0.699. The highest BCUT2D eigenvalue weighted by molar-refractivity contribution is 5.76. The van der Waals surface area contributed by atoms with E-state index >= 15 is 0 Å². The predicted octanol–water partition coefficient (Wildman–Crippen LogP) is 5.71. The van der Waals surface area contributed by atoms with Crippen LogP contribution in [0.25, 0.3) is 0 Å². The number of benzene rings is 2. The third-order valence-corrected chi connectivity index (χ3v) is 4.01. The lowest BCUT2D eigenvalue weighted by Gasteiger charge is -2.34. The summed E-state index contributed by atoms with van der Waals surface area (Å²) in [6.45, 7) is 8.22. The van der Waals surface area contributed by atoms with Crippen molar-refractivity contribution in [3.63, 3.8) is 0 Å². The van der Waals surface area contributed by atoms with E-state index in [1.807, 2.05) is 6.08 Å². The Labute approximate surface area is 132 Å². The fourth-order valence-electron chi connectivity index (χ4n) is 3.01. The maximum atomic E-state index is 4.02. The molecule has 0 fully saturated rings. The van der Waals surface area contributed by atoms with E-state index in [1.54, 1.807) is 0 Å². The van der Waals surface area contributed by atoms with Gasteiger partial charge in [0.2, 0.25) is 0 Å². The number of para-hydroxylation sites is 1. The number of allylic oxidation sites excluding steroid dienone is 4. The van der Waals surface area contributed by atoms with Gasteiger partial charge in [-0.25, -0.2) is 0 Å². The Bertz CT molecular complexity index is 751. The van der Waals surface area contributed by atoms with Gasteiger partial charge in [-0.05, 0) is 49.3 Å². The van der Waals surface area contributed by atoms with Crippen LogP contribution >= 0.6 is 0 Å². The average molecular weight is 287 g/mol. The lowest BCUT2D eigenvalue weighted by Crippen LogP contribution is -2.22. The second-order valence-corrected chi connectivity index (χ2v) is 5.59. The van der Waals surface area contributed by atoms with Crippen molar-refractivity contribution in [2.24, 2.45) is 0 Å². The van der Waals surface area contributed by atoms with E-state index in [4.69, 9.17) is 0 Å². The normalized spacial score (nSPS) is 14.4. The first-order valence-corrected chi connectivity index (χ1v) is 7.67. The molecule has 2 aromatic rings. The van der Waals surface area contributed by atoms with Gasteiger partial charge in [0.1, 0.15) is 0 Å². The number of rotatable bonds is 3. The average Bonchev–Trinajstić information content (AvgIpc) is 2.55. The van der Waals surface area contributed by atoms with Crippen LogP contribution in [0.2, 0.25) is 0 Å². The first-order valence-electron chi connectivity index (χ1n) is 7.67. The van der Waals surface area contributed by atoms with Gasteiger partial charge in [0, 0.05) is 23.5 Å². The molecule has 0 aromatic heterocycles. The molecule has 0 spiro atoms. The van der Waals surface area contributed by atoms with Gasteiger partial charge >= 0.3 is 0 Å². The van der Waals surface area contributed by atoms with Crippen molar-refractivity contribution in [1.29, 1.82) is 0 Å². The lowest BCUT2D eigenvalue weighted by molar-refractivity contribution is 1.04. The minimum absolute atomic E-state index is 0.934. The molecule has 22 heavy (non-hydrogen) atoms. The fraction of sp³-hybridized carbons (Fsp3) is 0.143. The van der Waals surface area contributed by atoms with Crippen LogP contribution in [0.5, 0.6) is 0 Å². The first kappa shape index (κ1) is 14.4. The Morgan fingerprint density at radius 1 is 1.09 bits per heavy atom. The van der Waals surface area contributed by atoms with Crippen LogP contribution in [0.3, 0.4) is 0 Å². The molecule has 110 valence electrons. The van der Waals surface area contributed by atoms with Crippen LogP contribution in [0.15, 0.2) is 84.6 Å². The molecular formula is C21H21N. The van der Waals surface area contributed by atoms with E-state index in [0.29, 0.717) is 0 Å². The standard InChI is InChI=1S/C21H21N/c1-4-9-20-17(5-2)15-18-14-16(3)12-13-21(18)22(20)19-10-7-6-8-11-19/h4-14H,2,15H2,1,3H3/b9-4-. The summed E-state index contributed by atoms with van der Waals surface area (Å²) in [5.41, 5.74) is 7.56. The summed E-state index contributed by atoms with van der Waals surface area (Å²) in [6.07, 6.45) is 7.18. The molecule has 0 bridgehead atoms. The SMILES string of the molecule is C=CC1=C(/C=C\C)N(c2ccccc2)c2ccc(C)cc2C1. The number of aryl methyl sites for hydroxylation is 1. The van der Waals surface area contributed by atoms with Crippen molar-refractivity contribution in [2.75, 3.05) is 4.90 Å². The number of anilines is 2. The van der Waals surface area contributed by atoms with Crippen LogP contribution in [0.4, 0.5) is 11.4 Å². The zero-order valence-electron chi connectivity index (χ0n) is 13.2. The molecule has 3 rings (SSSR count). The highest BCUT2D eigenvalue weighted by Gasteiger charge is 2.23. The van der Waals surface area contributed by atoms with Gasteiger partial charge in [-0.15, -0.1) is 0 Å². The maximum absolute atomic E-state index is 4.02. The second-order valence-electron chi connectivity index (χ2n) is 5.59. The summed E-state index contributed by atoms with van der Waals surface area (Å²) in [7, 11) is 0. The van der Waals surface area contributed by atoms with Crippen LogP contribution in [0, 0.1) is 6.92 Å². The highest BCUT2D eigenvalue weighted by atomic mass is 15.2. The molecule has 0 atom stereocenters. The van der Waals surface area contributed by atoms with Crippen LogP contribution in [0.1, 0.15) is 18.1 Å². The van der Waals surface area contributed by atoms with Crippen molar-refractivity contribution < 1.29 is 0 Å². The molecule has 1 nitrogen and oxygen atoms in total. The lowest BCUT2D eigenvalue weighted by atomic mass is 9.93. The fourth-order valence-corrected chi connectivity index (χ4v) is 3.01. The van der Waals surface area contributed by atoms with Crippen molar-refractivity contribution in [1.82, 2.24) is 0 Å². The van der Waals surface area contributed by atoms with E-state index in [2.05, 4.69) is 86.0 Å². The minimum atomic E-state index is 0.934. The largest absolute Gasteiger partial charge is 0.310 e. The van der Waals surface area contributed by atoms with E-state index in [-0.39, 0.29) is 0 Å². The maximum Gasteiger partial charge on any atom is 0.0497 e. The Morgan fingerprint density at radius 3 is 2.55 bits per heavy atom. The summed E-state index contributed by atoms with van der Waals surface area (Å²) >= 11 is 0. The molecule has 1 heterocycles. The summed E-state index contributed by atoms with van der Waals surface area (Å²) in [5.74, 6) is 0. The summed E-state index contributed by atoms with van der Waals surface area (Å²) < 4.78 is 0. The smallest absolute Gasteiger partial charge is 0.0497 e. The predicted molar refractivity (Wildman–Crippen MR) is 95.5 cm³/mol. The molecule has 0 amide bonds. The molecule has 0 saturated carbocycles. The molecule has 1 aliphatic heterocycles. The van der Waals surface area contributed by atoms with E-state index in [1.165, 1.54) is 33.8 Å².